The lowest BCUT2D eigenvalue weighted by Crippen LogP contribution is -2.06. The van der Waals surface area contributed by atoms with Crippen LogP contribution in [0, 0.1) is 0 Å². The number of thiophene rings is 1. The largest absolute Gasteiger partial charge is 0.423 e. The second-order valence-electron chi connectivity index (χ2n) is 9.25. The number of hydrogen-bond donors (Lipinski definition) is 0. The molecule has 0 fully saturated rings. The van der Waals surface area contributed by atoms with E-state index in [-0.39, 0.29) is 5.75 Å². The summed E-state index contributed by atoms with van der Waals surface area (Å²) in [5.74, 6) is -0.333. The Kier molecular flexibility index (Phi) is 6.19. The molecule has 1 atom stereocenters. The molecule has 6 rings (SSSR count). The number of carbonyl (C=O) groups is 1. The molecule has 1 aromatic heterocycles. The summed E-state index contributed by atoms with van der Waals surface area (Å²) < 4.78 is 23.2. The molecule has 0 saturated carbocycles. The first kappa shape index (κ1) is 23.4. The number of aryl methyl sites for hydroxylation is 1. The number of fused-ring (bicyclic) bond motifs is 7. The average Bonchev–Trinajstić information content (AvgIpc) is 3.34. The van der Waals surface area contributed by atoms with Gasteiger partial charge in [-0.3, -0.25) is 0 Å². The van der Waals surface area contributed by atoms with E-state index in [1.54, 1.807) is 24.3 Å². The van der Waals surface area contributed by atoms with Gasteiger partial charge in [-0.25, -0.2) is 9.18 Å². The highest BCUT2D eigenvalue weighted by Crippen LogP contribution is 2.44. The number of benzene rings is 5. The lowest BCUT2D eigenvalue weighted by Gasteiger charge is -2.13. The van der Waals surface area contributed by atoms with Crippen molar-refractivity contribution >= 4 is 59.0 Å². The molecular formula is C33H25FO2S. The van der Waals surface area contributed by atoms with E-state index in [1.165, 1.54) is 47.3 Å². The Bertz CT molecular complexity index is 1800. The SMILES string of the molecule is C=CC(=O)Oc1ccccc1C(F)CCCc1cc2ccccc2c2c1sc1ccc3ccccc3c12. The summed E-state index contributed by atoms with van der Waals surface area (Å²) in [5.41, 5.74) is 1.65. The summed E-state index contributed by atoms with van der Waals surface area (Å²) in [4.78, 5) is 11.7. The Morgan fingerprint density at radius 2 is 1.59 bits per heavy atom. The number of carbonyl (C=O) groups excluding carboxylic acids is 1. The minimum absolute atomic E-state index is 0.254. The maximum atomic E-state index is 15.3. The summed E-state index contributed by atoms with van der Waals surface area (Å²) in [6.07, 6.45) is 1.64. The van der Waals surface area contributed by atoms with Gasteiger partial charge >= 0.3 is 5.97 Å². The van der Waals surface area contributed by atoms with Gasteiger partial charge in [0, 0.05) is 31.8 Å². The van der Waals surface area contributed by atoms with Crippen LogP contribution in [0.5, 0.6) is 5.75 Å². The van der Waals surface area contributed by atoms with Crippen LogP contribution in [0.1, 0.15) is 30.1 Å². The zero-order valence-corrected chi connectivity index (χ0v) is 21.1. The smallest absolute Gasteiger partial charge is 0.335 e. The molecule has 1 unspecified atom stereocenters. The van der Waals surface area contributed by atoms with Crippen molar-refractivity contribution in [1.82, 2.24) is 0 Å². The third-order valence-corrected chi connectivity index (χ3v) is 8.20. The van der Waals surface area contributed by atoms with Gasteiger partial charge in [-0.2, -0.15) is 0 Å². The van der Waals surface area contributed by atoms with Crippen molar-refractivity contribution in [3.05, 3.63) is 115 Å². The van der Waals surface area contributed by atoms with Crippen LogP contribution < -0.4 is 4.74 Å². The average molecular weight is 505 g/mol. The lowest BCUT2D eigenvalue weighted by atomic mass is 9.95. The number of esters is 1. The molecule has 0 aliphatic carbocycles. The van der Waals surface area contributed by atoms with Crippen LogP contribution in [-0.2, 0) is 11.2 Å². The Hall–Kier alpha value is -4.02. The summed E-state index contributed by atoms with van der Waals surface area (Å²) in [7, 11) is 0. The Morgan fingerprint density at radius 1 is 0.892 bits per heavy atom. The van der Waals surface area contributed by atoms with Crippen LogP contribution in [0.15, 0.2) is 104 Å². The Balaban J connectivity index is 1.36. The Morgan fingerprint density at radius 3 is 2.41 bits per heavy atom. The van der Waals surface area contributed by atoms with E-state index in [4.69, 9.17) is 4.74 Å². The minimum atomic E-state index is -1.23. The van der Waals surface area contributed by atoms with Crippen LogP contribution >= 0.6 is 11.3 Å². The van der Waals surface area contributed by atoms with Gasteiger partial charge in [-0.15, -0.1) is 11.3 Å². The van der Waals surface area contributed by atoms with E-state index in [9.17, 15) is 4.79 Å². The molecule has 4 heteroatoms. The van der Waals surface area contributed by atoms with Crippen molar-refractivity contribution in [3.63, 3.8) is 0 Å². The van der Waals surface area contributed by atoms with Crippen LogP contribution in [0.4, 0.5) is 4.39 Å². The summed E-state index contributed by atoms with van der Waals surface area (Å²) in [5, 5.41) is 7.56. The monoisotopic (exact) mass is 504 g/mol. The van der Waals surface area contributed by atoms with Crippen LogP contribution in [-0.4, -0.2) is 5.97 Å². The van der Waals surface area contributed by atoms with Crippen molar-refractivity contribution < 1.29 is 13.9 Å². The van der Waals surface area contributed by atoms with Crippen molar-refractivity contribution in [2.45, 2.75) is 25.4 Å². The van der Waals surface area contributed by atoms with Crippen molar-refractivity contribution in [2.24, 2.45) is 0 Å². The van der Waals surface area contributed by atoms with Gasteiger partial charge in [0.05, 0.1) is 0 Å². The third-order valence-electron chi connectivity index (χ3n) is 6.97. The zero-order valence-electron chi connectivity index (χ0n) is 20.2. The Labute approximate surface area is 218 Å². The third kappa shape index (κ3) is 4.28. The molecule has 2 nitrogen and oxygen atoms in total. The fourth-order valence-electron chi connectivity index (χ4n) is 5.25. The number of halogens is 1. The second kappa shape index (κ2) is 9.79. The molecule has 5 aromatic carbocycles. The fourth-order valence-corrected chi connectivity index (χ4v) is 6.53. The highest BCUT2D eigenvalue weighted by atomic mass is 32.1. The molecule has 1 heterocycles. The van der Waals surface area contributed by atoms with Gasteiger partial charge in [0.1, 0.15) is 11.9 Å². The maximum Gasteiger partial charge on any atom is 0.335 e. The van der Waals surface area contributed by atoms with E-state index >= 15 is 4.39 Å². The van der Waals surface area contributed by atoms with E-state index < -0.39 is 12.1 Å². The van der Waals surface area contributed by atoms with Crippen molar-refractivity contribution in [3.8, 4) is 5.75 Å². The molecule has 182 valence electrons. The maximum absolute atomic E-state index is 15.3. The molecule has 0 spiro atoms. The second-order valence-corrected chi connectivity index (χ2v) is 10.3. The first-order valence-corrected chi connectivity index (χ1v) is 13.3. The molecule has 0 amide bonds. The predicted octanol–water partition coefficient (Wildman–Crippen LogP) is 9.49. The summed E-state index contributed by atoms with van der Waals surface area (Å²) in [6, 6.07) is 30.6. The van der Waals surface area contributed by atoms with Gasteiger partial charge in [-0.1, -0.05) is 79.4 Å². The highest BCUT2D eigenvalue weighted by Gasteiger charge is 2.18. The van der Waals surface area contributed by atoms with Crippen molar-refractivity contribution in [1.29, 1.82) is 0 Å². The molecule has 37 heavy (non-hydrogen) atoms. The van der Waals surface area contributed by atoms with Gasteiger partial charge in [0.15, 0.2) is 0 Å². The highest BCUT2D eigenvalue weighted by molar-refractivity contribution is 7.26. The molecule has 0 radical (unpaired) electrons. The van der Waals surface area contributed by atoms with Gasteiger partial charge in [0.25, 0.3) is 0 Å². The predicted molar refractivity (Wildman–Crippen MR) is 153 cm³/mol. The van der Waals surface area contributed by atoms with E-state index in [2.05, 4.69) is 73.3 Å². The quantitative estimate of drug-likeness (QED) is 0.123. The normalized spacial score (nSPS) is 12.4. The van der Waals surface area contributed by atoms with Gasteiger partial charge < -0.3 is 4.74 Å². The fraction of sp³-hybridized carbons (Fsp3) is 0.121. The van der Waals surface area contributed by atoms with Gasteiger partial charge in [-0.05, 0) is 64.6 Å². The topological polar surface area (TPSA) is 26.3 Å². The molecular weight excluding hydrogens is 479 g/mol. The molecule has 0 aliphatic heterocycles. The number of ether oxygens (including phenoxy) is 1. The molecule has 0 bridgehead atoms. The molecule has 0 aliphatic rings. The number of alkyl halides is 1. The van der Waals surface area contributed by atoms with Crippen LogP contribution in [0.25, 0.3) is 41.7 Å². The summed E-state index contributed by atoms with van der Waals surface area (Å²) in [6.45, 7) is 3.43. The molecule has 6 aromatic rings. The van der Waals surface area contributed by atoms with Crippen molar-refractivity contribution in [2.75, 3.05) is 0 Å². The minimum Gasteiger partial charge on any atom is -0.423 e. The van der Waals surface area contributed by atoms with E-state index in [0.717, 1.165) is 12.5 Å². The summed E-state index contributed by atoms with van der Waals surface area (Å²) >= 11 is 1.82. The van der Waals surface area contributed by atoms with Gasteiger partial charge in [0.2, 0.25) is 0 Å². The van der Waals surface area contributed by atoms with Crippen LogP contribution in [0.2, 0.25) is 0 Å². The number of para-hydroxylation sites is 1. The zero-order chi connectivity index (χ0) is 25.4. The number of hydrogen-bond acceptors (Lipinski definition) is 3. The van der Waals surface area contributed by atoms with E-state index in [1.807, 2.05) is 11.3 Å². The lowest BCUT2D eigenvalue weighted by molar-refractivity contribution is -0.129. The number of rotatable bonds is 7. The van der Waals surface area contributed by atoms with Crippen LogP contribution in [0.3, 0.4) is 0 Å². The molecule has 0 saturated heterocycles. The first-order valence-electron chi connectivity index (χ1n) is 12.5. The van der Waals surface area contributed by atoms with E-state index in [0.29, 0.717) is 18.4 Å². The first-order chi connectivity index (χ1) is 18.1. The molecule has 0 N–H and O–H groups in total. The standard InChI is InChI=1S/C33H25FO2S/c1-2-30(35)36-28-17-8-7-15-26(28)27(34)16-9-12-23-20-22-11-4-6-14-25(22)32-31-24-13-5-3-10-21(24)18-19-29(31)37-33(23)32/h2-8,10-11,13-15,17-20,27H,1,9,12,16H2.